The Labute approximate surface area is 151 Å². The van der Waals surface area contributed by atoms with Crippen molar-refractivity contribution in [2.75, 3.05) is 12.4 Å². The second-order valence-electron chi connectivity index (χ2n) is 5.83. The zero-order chi connectivity index (χ0) is 18.5. The molecule has 0 bridgehead atoms. The van der Waals surface area contributed by atoms with Gasteiger partial charge in [-0.2, -0.15) is 0 Å². The molecule has 0 aliphatic rings. The molecule has 3 rings (SSSR count). The molecule has 0 aliphatic carbocycles. The van der Waals surface area contributed by atoms with Crippen LogP contribution >= 0.6 is 0 Å². The van der Waals surface area contributed by atoms with Gasteiger partial charge in [-0.15, -0.1) is 0 Å². The average Bonchev–Trinajstić information content (AvgIpc) is 2.67. The molecule has 0 spiro atoms. The Morgan fingerprint density at radius 3 is 2.31 bits per heavy atom. The van der Waals surface area contributed by atoms with Gasteiger partial charge in [0.05, 0.1) is 12.7 Å². The van der Waals surface area contributed by atoms with Gasteiger partial charge in [0.2, 0.25) is 0 Å². The number of carbonyl (C=O) groups excluding carboxylic acids is 2. The Balaban J connectivity index is 1.64. The number of benzene rings is 3. The van der Waals surface area contributed by atoms with Crippen molar-refractivity contribution in [3.05, 3.63) is 72.3 Å². The molecule has 0 aromatic heterocycles. The largest absolute Gasteiger partial charge is 0.481 e. The van der Waals surface area contributed by atoms with E-state index in [0.717, 1.165) is 10.8 Å². The van der Waals surface area contributed by atoms with Crippen LogP contribution in [0.5, 0.6) is 5.75 Å². The molecule has 1 N–H and O–H groups in total. The van der Waals surface area contributed by atoms with Crippen molar-refractivity contribution < 1.29 is 19.1 Å². The van der Waals surface area contributed by atoms with Crippen molar-refractivity contribution in [3.8, 4) is 5.75 Å². The van der Waals surface area contributed by atoms with Crippen LogP contribution in [0, 0.1) is 0 Å². The van der Waals surface area contributed by atoms with E-state index in [-0.39, 0.29) is 5.91 Å². The number of rotatable bonds is 5. The fraction of sp³-hybridized carbons (Fsp3) is 0.143. The van der Waals surface area contributed by atoms with Crippen LogP contribution in [-0.4, -0.2) is 25.1 Å². The lowest BCUT2D eigenvalue weighted by atomic mass is 10.1. The lowest BCUT2D eigenvalue weighted by Gasteiger charge is -2.15. The van der Waals surface area contributed by atoms with E-state index in [9.17, 15) is 9.59 Å². The first kappa shape index (κ1) is 17.5. The van der Waals surface area contributed by atoms with Crippen LogP contribution in [0.4, 0.5) is 5.69 Å². The second kappa shape index (κ2) is 7.70. The van der Waals surface area contributed by atoms with Gasteiger partial charge in [0.25, 0.3) is 5.91 Å². The van der Waals surface area contributed by atoms with E-state index in [4.69, 9.17) is 4.74 Å². The number of amides is 1. The molecule has 0 saturated heterocycles. The monoisotopic (exact) mass is 349 g/mol. The highest BCUT2D eigenvalue weighted by Gasteiger charge is 2.15. The van der Waals surface area contributed by atoms with Gasteiger partial charge >= 0.3 is 5.97 Å². The second-order valence-corrected chi connectivity index (χ2v) is 5.83. The maximum Gasteiger partial charge on any atom is 0.337 e. The zero-order valence-corrected chi connectivity index (χ0v) is 14.6. The van der Waals surface area contributed by atoms with Crippen LogP contribution in [0.15, 0.2) is 66.7 Å². The first-order chi connectivity index (χ1) is 12.6. The van der Waals surface area contributed by atoms with Crippen molar-refractivity contribution in [2.45, 2.75) is 13.0 Å². The number of esters is 1. The molecule has 26 heavy (non-hydrogen) atoms. The third-order valence-corrected chi connectivity index (χ3v) is 3.97. The van der Waals surface area contributed by atoms with Gasteiger partial charge in [0, 0.05) is 5.69 Å². The predicted molar refractivity (Wildman–Crippen MR) is 100 cm³/mol. The van der Waals surface area contributed by atoms with Gasteiger partial charge in [-0.1, -0.05) is 30.3 Å². The van der Waals surface area contributed by atoms with E-state index in [0.29, 0.717) is 17.0 Å². The van der Waals surface area contributed by atoms with E-state index < -0.39 is 12.1 Å². The molecule has 5 nitrogen and oxygen atoms in total. The highest BCUT2D eigenvalue weighted by Crippen LogP contribution is 2.20. The van der Waals surface area contributed by atoms with Crippen molar-refractivity contribution in [3.63, 3.8) is 0 Å². The number of fused-ring (bicyclic) bond motifs is 1. The average molecular weight is 349 g/mol. The van der Waals surface area contributed by atoms with Crippen LogP contribution in [0.25, 0.3) is 10.8 Å². The van der Waals surface area contributed by atoms with Crippen molar-refractivity contribution in [1.82, 2.24) is 0 Å². The third-order valence-electron chi connectivity index (χ3n) is 3.97. The summed E-state index contributed by atoms with van der Waals surface area (Å²) in [6.45, 7) is 1.67. The van der Waals surface area contributed by atoms with Crippen LogP contribution in [-0.2, 0) is 9.53 Å². The molecule has 3 aromatic carbocycles. The number of anilines is 1. The van der Waals surface area contributed by atoms with Crippen LogP contribution in [0.2, 0.25) is 0 Å². The number of nitrogens with one attached hydrogen (secondary N) is 1. The van der Waals surface area contributed by atoms with Crippen LogP contribution in [0.1, 0.15) is 17.3 Å². The number of methoxy groups -OCH3 is 1. The zero-order valence-electron chi connectivity index (χ0n) is 14.6. The molecule has 5 heteroatoms. The molecule has 132 valence electrons. The van der Waals surface area contributed by atoms with E-state index in [1.54, 1.807) is 31.2 Å². The van der Waals surface area contributed by atoms with Gasteiger partial charge in [-0.25, -0.2) is 4.79 Å². The normalized spacial score (nSPS) is 11.6. The molecule has 0 unspecified atom stereocenters. The summed E-state index contributed by atoms with van der Waals surface area (Å²) >= 11 is 0. The molecular weight excluding hydrogens is 330 g/mol. The molecule has 1 atom stereocenters. The standard InChI is InChI=1S/C21H19NO4/c1-14(26-19-11-8-16(9-12-19)21(24)25-2)20(23)22-18-10-7-15-5-3-4-6-17(15)13-18/h3-14H,1-2H3,(H,22,23)/t14-/m1/s1. The molecule has 0 fully saturated rings. The third kappa shape index (κ3) is 4.00. The maximum absolute atomic E-state index is 12.4. The van der Waals surface area contributed by atoms with Gasteiger partial charge in [0.1, 0.15) is 5.75 Å². The predicted octanol–water partition coefficient (Wildman–Crippen LogP) is 4.03. The Bertz CT molecular complexity index is 934. The molecule has 0 aliphatic heterocycles. The first-order valence-electron chi connectivity index (χ1n) is 8.21. The van der Waals surface area contributed by atoms with Gasteiger partial charge in [-0.3, -0.25) is 4.79 Å². The fourth-order valence-corrected chi connectivity index (χ4v) is 2.56. The van der Waals surface area contributed by atoms with E-state index in [1.807, 2.05) is 42.5 Å². The van der Waals surface area contributed by atoms with Gasteiger partial charge in [-0.05, 0) is 54.1 Å². The Morgan fingerprint density at radius 2 is 1.62 bits per heavy atom. The van der Waals surface area contributed by atoms with Gasteiger partial charge in [0.15, 0.2) is 6.10 Å². The van der Waals surface area contributed by atoms with Gasteiger partial charge < -0.3 is 14.8 Å². The molecule has 0 radical (unpaired) electrons. The number of carbonyl (C=O) groups is 2. The summed E-state index contributed by atoms with van der Waals surface area (Å²) in [7, 11) is 1.33. The van der Waals surface area contributed by atoms with Crippen molar-refractivity contribution in [1.29, 1.82) is 0 Å². The number of hydrogen-bond acceptors (Lipinski definition) is 4. The maximum atomic E-state index is 12.4. The smallest absolute Gasteiger partial charge is 0.337 e. The Kier molecular flexibility index (Phi) is 5.17. The van der Waals surface area contributed by atoms with Crippen molar-refractivity contribution in [2.24, 2.45) is 0 Å². The summed E-state index contributed by atoms with van der Waals surface area (Å²) in [5.74, 6) is -0.171. The Hall–Kier alpha value is -3.34. The van der Waals surface area contributed by atoms with E-state index in [1.165, 1.54) is 7.11 Å². The summed E-state index contributed by atoms with van der Waals surface area (Å²) in [6.07, 6.45) is -0.689. The summed E-state index contributed by atoms with van der Waals surface area (Å²) in [5.41, 5.74) is 1.14. The molecule has 1 amide bonds. The molecular formula is C21H19NO4. The number of hydrogen-bond donors (Lipinski definition) is 1. The number of ether oxygens (including phenoxy) is 2. The lowest BCUT2D eigenvalue weighted by molar-refractivity contribution is -0.122. The Morgan fingerprint density at radius 1 is 0.923 bits per heavy atom. The summed E-state index contributed by atoms with van der Waals surface area (Å²) in [5, 5.41) is 5.02. The fourth-order valence-electron chi connectivity index (χ4n) is 2.56. The summed E-state index contributed by atoms with van der Waals surface area (Å²) < 4.78 is 10.3. The van der Waals surface area contributed by atoms with Crippen LogP contribution < -0.4 is 10.1 Å². The molecule has 3 aromatic rings. The van der Waals surface area contributed by atoms with E-state index >= 15 is 0 Å². The quantitative estimate of drug-likeness (QED) is 0.706. The SMILES string of the molecule is COC(=O)c1ccc(O[C@H](C)C(=O)Nc2ccc3ccccc3c2)cc1. The molecule has 0 heterocycles. The minimum absolute atomic E-state index is 0.252. The minimum atomic E-state index is -0.689. The highest BCUT2D eigenvalue weighted by molar-refractivity contribution is 5.96. The first-order valence-corrected chi connectivity index (χ1v) is 8.21. The summed E-state index contributed by atoms with van der Waals surface area (Å²) in [6, 6.07) is 20.1. The summed E-state index contributed by atoms with van der Waals surface area (Å²) in [4.78, 5) is 23.8. The lowest BCUT2D eigenvalue weighted by Crippen LogP contribution is -2.30. The molecule has 0 saturated carbocycles. The topological polar surface area (TPSA) is 64.6 Å². The van der Waals surface area contributed by atoms with E-state index in [2.05, 4.69) is 10.1 Å². The minimum Gasteiger partial charge on any atom is -0.481 e. The van der Waals surface area contributed by atoms with Crippen LogP contribution in [0.3, 0.4) is 0 Å². The van der Waals surface area contributed by atoms with Crippen molar-refractivity contribution >= 4 is 28.3 Å². The highest BCUT2D eigenvalue weighted by atomic mass is 16.5.